The minimum atomic E-state index is -0.414. The van der Waals surface area contributed by atoms with Crippen LogP contribution in [0.4, 0.5) is 0 Å². The molecule has 0 spiro atoms. The Morgan fingerprint density at radius 1 is 1.25 bits per heavy atom. The SMILES string of the molecule is CC(C)(C)OC(=O)[C@H]1N[C@@H]1c1ccccc1. The molecule has 2 rings (SSSR count). The number of hydrogen-bond donors (Lipinski definition) is 1. The molecule has 0 aliphatic carbocycles. The molecule has 0 unspecified atom stereocenters. The zero-order chi connectivity index (χ0) is 11.8. The van der Waals surface area contributed by atoms with Crippen LogP contribution in [0.3, 0.4) is 0 Å². The summed E-state index contributed by atoms with van der Waals surface area (Å²) < 4.78 is 5.31. The number of carbonyl (C=O) groups excluding carboxylic acids is 1. The Labute approximate surface area is 95.8 Å². The smallest absolute Gasteiger partial charge is 0.325 e. The maximum absolute atomic E-state index is 11.7. The van der Waals surface area contributed by atoms with Crippen molar-refractivity contribution >= 4 is 5.97 Å². The first-order valence-corrected chi connectivity index (χ1v) is 5.51. The average Bonchev–Trinajstić information content (AvgIpc) is 2.96. The van der Waals surface area contributed by atoms with Crippen LogP contribution >= 0.6 is 0 Å². The standard InChI is InChI=1S/C13H17NO2/c1-13(2,3)16-12(15)11-10(14-11)9-7-5-4-6-8-9/h4-8,10-11,14H,1-3H3/t10-,11+/m1/s1. The van der Waals surface area contributed by atoms with Crippen molar-refractivity contribution in [2.24, 2.45) is 0 Å². The Bertz CT molecular complexity index is 381. The van der Waals surface area contributed by atoms with E-state index in [1.165, 1.54) is 0 Å². The van der Waals surface area contributed by atoms with Gasteiger partial charge < -0.3 is 4.74 Å². The number of ether oxygens (including phenoxy) is 1. The molecule has 1 aromatic rings. The van der Waals surface area contributed by atoms with E-state index in [2.05, 4.69) is 5.32 Å². The fourth-order valence-corrected chi connectivity index (χ4v) is 1.66. The largest absolute Gasteiger partial charge is 0.459 e. The van der Waals surface area contributed by atoms with Gasteiger partial charge in [-0.3, -0.25) is 10.1 Å². The van der Waals surface area contributed by atoms with Crippen LogP contribution in [-0.2, 0) is 9.53 Å². The van der Waals surface area contributed by atoms with Gasteiger partial charge in [-0.15, -0.1) is 0 Å². The van der Waals surface area contributed by atoms with Gasteiger partial charge in [-0.05, 0) is 26.3 Å². The van der Waals surface area contributed by atoms with Gasteiger partial charge in [0.2, 0.25) is 0 Å². The van der Waals surface area contributed by atoms with Gasteiger partial charge in [-0.2, -0.15) is 0 Å². The van der Waals surface area contributed by atoms with Gasteiger partial charge in [-0.1, -0.05) is 30.3 Å². The molecule has 1 aliphatic heterocycles. The first-order chi connectivity index (χ1) is 7.47. The molecule has 2 atom stereocenters. The van der Waals surface area contributed by atoms with Gasteiger partial charge in [0.05, 0.1) is 6.04 Å². The first-order valence-electron chi connectivity index (χ1n) is 5.51. The normalized spacial score (nSPS) is 23.9. The molecule has 1 heterocycles. The van der Waals surface area contributed by atoms with Gasteiger partial charge in [0.1, 0.15) is 11.6 Å². The second kappa shape index (κ2) is 3.91. The van der Waals surface area contributed by atoms with Crippen molar-refractivity contribution in [2.75, 3.05) is 0 Å². The molecule has 0 bridgehead atoms. The number of nitrogens with one attached hydrogen (secondary N) is 1. The molecule has 1 saturated heterocycles. The van der Waals surface area contributed by atoms with Crippen molar-refractivity contribution in [3.05, 3.63) is 35.9 Å². The van der Waals surface area contributed by atoms with Crippen LogP contribution in [0.2, 0.25) is 0 Å². The van der Waals surface area contributed by atoms with E-state index in [1.54, 1.807) is 0 Å². The fourth-order valence-electron chi connectivity index (χ4n) is 1.66. The predicted octanol–water partition coefficient (Wildman–Crippen LogP) is 2.04. The van der Waals surface area contributed by atoms with Crippen molar-refractivity contribution in [1.29, 1.82) is 0 Å². The van der Waals surface area contributed by atoms with Gasteiger partial charge in [0.25, 0.3) is 0 Å². The summed E-state index contributed by atoms with van der Waals surface area (Å²) in [5.41, 5.74) is 0.723. The Hall–Kier alpha value is -1.35. The Kier molecular flexibility index (Phi) is 2.72. The summed E-state index contributed by atoms with van der Waals surface area (Å²) in [5, 5.41) is 3.13. The second-order valence-corrected chi connectivity index (χ2v) is 5.07. The van der Waals surface area contributed by atoms with E-state index in [4.69, 9.17) is 4.74 Å². The van der Waals surface area contributed by atoms with Crippen molar-refractivity contribution < 1.29 is 9.53 Å². The monoisotopic (exact) mass is 219 g/mol. The minimum Gasteiger partial charge on any atom is -0.459 e. The molecule has 1 N–H and O–H groups in total. The minimum absolute atomic E-state index is 0.121. The summed E-state index contributed by atoms with van der Waals surface area (Å²) in [6.45, 7) is 5.64. The second-order valence-electron chi connectivity index (χ2n) is 5.07. The van der Waals surface area contributed by atoms with Gasteiger partial charge >= 0.3 is 5.97 Å². The highest BCUT2D eigenvalue weighted by atomic mass is 16.6. The highest BCUT2D eigenvalue weighted by Gasteiger charge is 2.45. The number of benzene rings is 1. The lowest BCUT2D eigenvalue weighted by atomic mass is 10.1. The van der Waals surface area contributed by atoms with E-state index in [-0.39, 0.29) is 18.1 Å². The van der Waals surface area contributed by atoms with Crippen LogP contribution in [0.15, 0.2) is 30.3 Å². The lowest BCUT2D eigenvalue weighted by molar-refractivity contribution is -0.154. The molecule has 0 radical (unpaired) electrons. The van der Waals surface area contributed by atoms with E-state index < -0.39 is 5.60 Å². The van der Waals surface area contributed by atoms with Gasteiger partial charge in [0.15, 0.2) is 0 Å². The highest BCUT2D eigenvalue weighted by Crippen LogP contribution is 2.31. The number of esters is 1. The Morgan fingerprint density at radius 2 is 1.88 bits per heavy atom. The summed E-state index contributed by atoms with van der Waals surface area (Å²) in [6.07, 6.45) is 0. The third-order valence-electron chi connectivity index (χ3n) is 2.40. The third-order valence-corrected chi connectivity index (χ3v) is 2.40. The molecule has 0 saturated carbocycles. The lowest BCUT2D eigenvalue weighted by Crippen LogP contribution is -2.27. The summed E-state index contributed by atoms with van der Waals surface area (Å²) in [7, 11) is 0. The van der Waals surface area contributed by atoms with E-state index in [0.29, 0.717) is 0 Å². The Morgan fingerprint density at radius 3 is 2.44 bits per heavy atom. The van der Waals surface area contributed by atoms with E-state index >= 15 is 0 Å². The van der Waals surface area contributed by atoms with Crippen LogP contribution < -0.4 is 5.32 Å². The van der Waals surface area contributed by atoms with Crippen molar-refractivity contribution in [3.63, 3.8) is 0 Å². The number of rotatable bonds is 2. The molecule has 0 amide bonds. The van der Waals surface area contributed by atoms with Crippen LogP contribution in [0.1, 0.15) is 32.4 Å². The van der Waals surface area contributed by atoms with Crippen LogP contribution in [0.5, 0.6) is 0 Å². The molecule has 3 heteroatoms. The van der Waals surface area contributed by atoms with Crippen molar-refractivity contribution in [3.8, 4) is 0 Å². The number of hydrogen-bond acceptors (Lipinski definition) is 3. The molecule has 0 aromatic heterocycles. The maximum Gasteiger partial charge on any atom is 0.325 e. The molecule has 3 nitrogen and oxygen atoms in total. The van der Waals surface area contributed by atoms with Crippen LogP contribution in [-0.4, -0.2) is 17.6 Å². The zero-order valence-electron chi connectivity index (χ0n) is 9.86. The van der Waals surface area contributed by atoms with E-state index in [0.717, 1.165) is 5.56 Å². The molecule has 86 valence electrons. The molecular formula is C13H17NO2. The van der Waals surface area contributed by atoms with Gasteiger partial charge in [0, 0.05) is 0 Å². The molecule has 1 aliphatic rings. The number of carbonyl (C=O) groups is 1. The summed E-state index contributed by atoms with van der Waals surface area (Å²) in [6, 6.07) is 9.89. The average molecular weight is 219 g/mol. The third kappa shape index (κ3) is 2.61. The highest BCUT2D eigenvalue weighted by molar-refractivity contribution is 5.81. The molecule has 1 fully saturated rings. The van der Waals surface area contributed by atoms with Crippen LogP contribution in [0.25, 0.3) is 0 Å². The van der Waals surface area contributed by atoms with Crippen molar-refractivity contribution in [1.82, 2.24) is 5.32 Å². The lowest BCUT2D eigenvalue weighted by Gasteiger charge is -2.19. The molecule has 1 aromatic carbocycles. The summed E-state index contributed by atoms with van der Waals surface area (Å²) >= 11 is 0. The topological polar surface area (TPSA) is 48.2 Å². The molecular weight excluding hydrogens is 202 g/mol. The zero-order valence-corrected chi connectivity index (χ0v) is 9.86. The van der Waals surface area contributed by atoms with E-state index in [9.17, 15) is 4.79 Å². The summed E-state index contributed by atoms with van der Waals surface area (Å²) in [5.74, 6) is -0.165. The summed E-state index contributed by atoms with van der Waals surface area (Å²) in [4.78, 5) is 11.7. The Balaban J connectivity index is 1.95. The van der Waals surface area contributed by atoms with Gasteiger partial charge in [-0.25, -0.2) is 0 Å². The van der Waals surface area contributed by atoms with Crippen LogP contribution in [0, 0.1) is 0 Å². The first kappa shape index (κ1) is 11.1. The quantitative estimate of drug-likeness (QED) is 0.611. The molecule has 16 heavy (non-hydrogen) atoms. The van der Waals surface area contributed by atoms with Crippen molar-refractivity contribution in [2.45, 2.75) is 38.5 Å². The predicted molar refractivity (Wildman–Crippen MR) is 62.0 cm³/mol. The maximum atomic E-state index is 11.7. The van der Waals surface area contributed by atoms with E-state index in [1.807, 2.05) is 51.1 Å². The fraction of sp³-hybridized carbons (Fsp3) is 0.462.